The molecule has 2 aromatic heterocycles. The molecule has 0 N–H and O–H groups in total. The first-order valence-electron chi connectivity index (χ1n) is 20.7. The number of hydrogen-bond donors (Lipinski definition) is 0. The van der Waals surface area contributed by atoms with Crippen LogP contribution in [0.4, 0.5) is 17.1 Å². The van der Waals surface area contributed by atoms with Gasteiger partial charge in [0.2, 0.25) is 0 Å². The second-order valence-electron chi connectivity index (χ2n) is 15.6. The summed E-state index contributed by atoms with van der Waals surface area (Å²) in [4.78, 5) is 2.33. The zero-order valence-electron chi connectivity index (χ0n) is 33.1. The molecule has 10 aromatic carbocycles. The molecule has 0 aliphatic carbocycles. The van der Waals surface area contributed by atoms with Gasteiger partial charge in [0.15, 0.2) is 5.58 Å². The number of anilines is 3. The summed E-state index contributed by atoms with van der Waals surface area (Å²) in [5.41, 5.74) is 14.2. The number of fused-ring (bicyclic) bond motifs is 7. The van der Waals surface area contributed by atoms with Gasteiger partial charge < -0.3 is 9.32 Å². The Morgan fingerprint density at radius 1 is 0.311 bits per heavy atom. The quantitative estimate of drug-likeness (QED) is 0.160. The van der Waals surface area contributed by atoms with Crippen LogP contribution in [-0.2, 0) is 0 Å². The van der Waals surface area contributed by atoms with Crippen molar-refractivity contribution in [2.45, 2.75) is 0 Å². The minimum absolute atomic E-state index is 0.854. The van der Waals surface area contributed by atoms with Crippen LogP contribution in [-0.4, -0.2) is 0 Å². The Kier molecular flexibility index (Phi) is 8.39. The van der Waals surface area contributed by atoms with E-state index in [1.165, 1.54) is 58.8 Å². The van der Waals surface area contributed by atoms with E-state index >= 15 is 0 Å². The number of para-hydroxylation sites is 2. The molecule has 0 unspecified atom stereocenters. The summed E-state index contributed by atoms with van der Waals surface area (Å²) >= 11 is 1.86. The number of thiophene rings is 1. The van der Waals surface area contributed by atoms with E-state index < -0.39 is 0 Å². The lowest BCUT2D eigenvalue weighted by atomic mass is 9.98. The lowest BCUT2D eigenvalue weighted by molar-refractivity contribution is 0.670. The van der Waals surface area contributed by atoms with Crippen LogP contribution < -0.4 is 4.90 Å². The molecule has 0 spiro atoms. The van der Waals surface area contributed by atoms with Crippen molar-refractivity contribution in [2.75, 3.05) is 4.90 Å². The van der Waals surface area contributed by atoms with E-state index in [2.05, 4.69) is 229 Å². The summed E-state index contributed by atoms with van der Waals surface area (Å²) in [5, 5.41) is 7.32. The average Bonchev–Trinajstić information content (AvgIpc) is 3.91. The fraction of sp³-hybridized carbons (Fsp3) is 0. The van der Waals surface area contributed by atoms with Crippen LogP contribution in [0.5, 0.6) is 0 Å². The van der Waals surface area contributed by atoms with Gasteiger partial charge in [-0.1, -0.05) is 176 Å². The summed E-state index contributed by atoms with van der Waals surface area (Å²) in [6.45, 7) is 0. The Morgan fingerprint density at radius 3 is 1.59 bits per heavy atom. The summed E-state index contributed by atoms with van der Waals surface area (Å²) in [7, 11) is 0. The molecule has 2 nitrogen and oxygen atoms in total. The number of benzene rings is 10. The van der Waals surface area contributed by atoms with Crippen LogP contribution in [0.15, 0.2) is 229 Å². The molecule has 2 heterocycles. The van der Waals surface area contributed by atoms with Gasteiger partial charge in [-0.15, -0.1) is 11.3 Å². The van der Waals surface area contributed by atoms with Crippen molar-refractivity contribution in [1.82, 2.24) is 0 Å². The topological polar surface area (TPSA) is 16.4 Å². The smallest absolute Gasteiger partial charge is 0.159 e. The third kappa shape index (κ3) is 6.09. The Balaban J connectivity index is 0.943. The SMILES string of the molecule is c1ccc(-c2cccc3c2oc2c(N(c4ccc(-c5ccc(-c6ccc7sc8ccccc8c7c6)cc5)cc4)c4ccc(-c5cccc6ccccc56)cc4)cccc23)cc1. The lowest BCUT2D eigenvalue weighted by Crippen LogP contribution is -2.10. The van der Waals surface area contributed by atoms with Crippen molar-refractivity contribution >= 4 is 81.3 Å². The van der Waals surface area contributed by atoms with Crippen molar-refractivity contribution in [3.05, 3.63) is 224 Å². The molecule has 0 bridgehead atoms. The van der Waals surface area contributed by atoms with E-state index in [-0.39, 0.29) is 0 Å². The summed E-state index contributed by atoms with van der Waals surface area (Å²) < 4.78 is 9.63. The van der Waals surface area contributed by atoms with Gasteiger partial charge in [-0.25, -0.2) is 0 Å². The Bertz CT molecular complexity index is 3560. The fourth-order valence-electron chi connectivity index (χ4n) is 9.08. The second-order valence-corrected chi connectivity index (χ2v) is 16.7. The standard InChI is InChI=1S/C58H37NOS/c1-2-11-42(12-3-1)49-18-9-19-51-52-20-10-21-54(58(52)60-57(49)51)59(46-34-29-43(30-35-46)48-17-8-14-41-13-4-5-15-47(41)48)45-32-27-39(28-33-45)38-23-25-40(26-24-38)44-31-36-56-53(37-44)50-16-6-7-22-55(50)61-56/h1-37H. The molecule has 61 heavy (non-hydrogen) atoms. The molecule has 0 amide bonds. The van der Waals surface area contributed by atoms with Crippen LogP contribution in [0.3, 0.4) is 0 Å². The molecule has 0 saturated heterocycles. The molecule has 0 radical (unpaired) electrons. The van der Waals surface area contributed by atoms with Crippen LogP contribution in [0.1, 0.15) is 0 Å². The normalized spacial score (nSPS) is 11.6. The van der Waals surface area contributed by atoms with Crippen molar-refractivity contribution in [2.24, 2.45) is 0 Å². The minimum Gasteiger partial charge on any atom is -0.453 e. The number of furan rings is 1. The highest BCUT2D eigenvalue weighted by Crippen LogP contribution is 2.45. The fourth-order valence-corrected chi connectivity index (χ4v) is 10.2. The molecule has 0 atom stereocenters. The van der Waals surface area contributed by atoms with Crippen molar-refractivity contribution in [3.8, 4) is 44.5 Å². The molecule has 286 valence electrons. The van der Waals surface area contributed by atoms with Gasteiger partial charge in [-0.05, 0) is 98.2 Å². The number of rotatable bonds is 7. The Hall–Kier alpha value is -7.72. The highest BCUT2D eigenvalue weighted by Gasteiger charge is 2.21. The van der Waals surface area contributed by atoms with Crippen LogP contribution in [0.25, 0.3) is 97.4 Å². The van der Waals surface area contributed by atoms with Crippen molar-refractivity contribution in [1.29, 1.82) is 0 Å². The molecule has 0 aliphatic heterocycles. The van der Waals surface area contributed by atoms with Crippen LogP contribution in [0.2, 0.25) is 0 Å². The molecule has 0 aliphatic rings. The molecule has 3 heteroatoms. The molecular weight excluding hydrogens is 759 g/mol. The summed E-state index contributed by atoms with van der Waals surface area (Å²) in [6.07, 6.45) is 0. The zero-order valence-corrected chi connectivity index (χ0v) is 33.9. The average molecular weight is 796 g/mol. The zero-order chi connectivity index (χ0) is 40.3. The maximum absolute atomic E-state index is 6.97. The van der Waals surface area contributed by atoms with Crippen LogP contribution in [0, 0.1) is 0 Å². The Labute approximate surface area is 357 Å². The highest BCUT2D eigenvalue weighted by atomic mass is 32.1. The Morgan fingerprint density at radius 2 is 0.820 bits per heavy atom. The number of nitrogens with zero attached hydrogens (tertiary/aromatic N) is 1. The van der Waals surface area contributed by atoms with E-state index in [4.69, 9.17) is 4.42 Å². The first kappa shape index (κ1) is 35.2. The largest absolute Gasteiger partial charge is 0.453 e. The number of hydrogen-bond acceptors (Lipinski definition) is 3. The van der Waals surface area contributed by atoms with Gasteiger partial charge in [-0.3, -0.25) is 0 Å². The predicted octanol–water partition coefficient (Wildman–Crippen LogP) is 17.2. The van der Waals surface area contributed by atoms with Crippen molar-refractivity contribution in [3.63, 3.8) is 0 Å². The third-order valence-corrected chi connectivity index (χ3v) is 13.3. The first-order valence-corrected chi connectivity index (χ1v) is 21.6. The van der Waals surface area contributed by atoms with Gasteiger partial charge in [0.1, 0.15) is 5.58 Å². The van der Waals surface area contributed by atoms with Gasteiger partial charge in [0.05, 0.1) is 5.69 Å². The van der Waals surface area contributed by atoms with Gasteiger partial charge in [0.25, 0.3) is 0 Å². The summed E-state index contributed by atoms with van der Waals surface area (Å²) in [5.74, 6) is 0. The lowest BCUT2D eigenvalue weighted by Gasteiger charge is -2.26. The maximum Gasteiger partial charge on any atom is 0.159 e. The van der Waals surface area contributed by atoms with E-state index in [9.17, 15) is 0 Å². The van der Waals surface area contributed by atoms with Gasteiger partial charge >= 0.3 is 0 Å². The molecule has 0 saturated carbocycles. The van der Waals surface area contributed by atoms with Crippen molar-refractivity contribution < 1.29 is 4.42 Å². The van der Waals surface area contributed by atoms with E-state index in [0.29, 0.717) is 0 Å². The first-order chi connectivity index (χ1) is 30.2. The summed E-state index contributed by atoms with van der Waals surface area (Å²) in [6, 6.07) is 81.0. The molecule has 12 aromatic rings. The monoisotopic (exact) mass is 795 g/mol. The predicted molar refractivity (Wildman–Crippen MR) is 261 cm³/mol. The molecular formula is C58H37NOS. The third-order valence-electron chi connectivity index (χ3n) is 12.1. The van der Waals surface area contributed by atoms with E-state index in [0.717, 1.165) is 55.7 Å². The minimum atomic E-state index is 0.854. The maximum atomic E-state index is 6.97. The van der Waals surface area contributed by atoms with E-state index in [1.807, 2.05) is 11.3 Å². The van der Waals surface area contributed by atoms with Gasteiger partial charge in [0, 0.05) is 47.9 Å². The van der Waals surface area contributed by atoms with Crippen LogP contribution >= 0.6 is 11.3 Å². The highest BCUT2D eigenvalue weighted by molar-refractivity contribution is 7.25. The molecule has 12 rings (SSSR count). The van der Waals surface area contributed by atoms with E-state index in [1.54, 1.807) is 0 Å². The molecule has 0 fully saturated rings. The van der Waals surface area contributed by atoms with Gasteiger partial charge in [-0.2, -0.15) is 0 Å². The second kappa shape index (κ2) is 14.5.